The van der Waals surface area contributed by atoms with Crippen LogP contribution in [0.5, 0.6) is 0 Å². The molecule has 1 aliphatic carbocycles. The zero-order valence-electron chi connectivity index (χ0n) is 12.6. The van der Waals surface area contributed by atoms with Crippen LogP contribution in [-0.2, 0) is 11.2 Å². The standard InChI is InChI=1S/C19H25FO/c20-18(14-13-17-10-6-12-19(21)15-17)11-5-4-9-16-7-2-1-3-8-16/h1-3,7-8,13-14,17-18H,4-6,9-12,15H2/b14-13+/t17-,18+/m0/s1. The summed E-state index contributed by atoms with van der Waals surface area (Å²) in [5.41, 5.74) is 1.32. The molecule has 2 atom stereocenters. The molecule has 1 aliphatic rings. The smallest absolute Gasteiger partial charge is 0.133 e. The molecule has 0 unspecified atom stereocenters. The highest BCUT2D eigenvalue weighted by atomic mass is 19.1. The summed E-state index contributed by atoms with van der Waals surface area (Å²) in [4.78, 5) is 11.3. The number of unbranched alkanes of at least 4 members (excludes halogenated alkanes) is 1. The van der Waals surface area contributed by atoms with Crippen molar-refractivity contribution in [1.82, 2.24) is 0 Å². The predicted molar refractivity (Wildman–Crippen MR) is 85.0 cm³/mol. The van der Waals surface area contributed by atoms with Crippen molar-refractivity contribution >= 4 is 5.78 Å². The van der Waals surface area contributed by atoms with E-state index in [2.05, 4.69) is 12.1 Å². The third-order valence-corrected chi connectivity index (χ3v) is 4.15. The zero-order chi connectivity index (χ0) is 14.9. The van der Waals surface area contributed by atoms with E-state index in [1.165, 1.54) is 5.56 Å². The van der Waals surface area contributed by atoms with Crippen molar-refractivity contribution in [3.05, 3.63) is 48.0 Å². The number of hydrogen-bond donors (Lipinski definition) is 0. The fraction of sp³-hybridized carbons (Fsp3) is 0.526. The van der Waals surface area contributed by atoms with Gasteiger partial charge in [0.1, 0.15) is 12.0 Å². The van der Waals surface area contributed by atoms with Gasteiger partial charge in [-0.05, 0) is 50.0 Å². The number of alkyl halides is 1. The molecule has 0 heterocycles. The summed E-state index contributed by atoms with van der Waals surface area (Å²) < 4.78 is 13.8. The number of carbonyl (C=O) groups is 1. The molecular weight excluding hydrogens is 263 g/mol. The summed E-state index contributed by atoms with van der Waals surface area (Å²) >= 11 is 0. The summed E-state index contributed by atoms with van der Waals surface area (Å²) in [6.07, 6.45) is 9.59. The minimum absolute atomic E-state index is 0.272. The average Bonchev–Trinajstić information content (AvgIpc) is 2.51. The zero-order valence-corrected chi connectivity index (χ0v) is 12.6. The second-order valence-electron chi connectivity index (χ2n) is 6.03. The molecule has 0 aliphatic heterocycles. The van der Waals surface area contributed by atoms with Crippen LogP contribution in [-0.4, -0.2) is 12.0 Å². The van der Waals surface area contributed by atoms with E-state index in [1.54, 1.807) is 6.08 Å². The van der Waals surface area contributed by atoms with Crippen molar-refractivity contribution in [2.24, 2.45) is 5.92 Å². The van der Waals surface area contributed by atoms with Gasteiger partial charge in [0.25, 0.3) is 0 Å². The topological polar surface area (TPSA) is 17.1 Å². The van der Waals surface area contributed by atoms with Gasteiger partial charge in [-0.2, -0.15) is 0 Å². The van der Waals surface area contributed by atoms with Crippen LogP contribution in [0.3, 0.4) is 0 Å². The number of ketones is 1. The Kier molecular flexibility index (Phi) is 6.65. The molecule has 114 valence electrons. The van der Waals surface area contributed by atoms with Crippen LogP contribution < -0.4 is 0 Å². The third kappa shape index (κ3) is 6.24. The van der Waals surface area contributed by atoms with Gasteiger partial charge >= 0.3 is 0 Å². The van der Waals surface area contributed by atoms with Crippen molar-refractivity contribution in [1.29, 1.82) is 0 Å². The van der Waals surface area contributed by atoms with Crippen molar-refractivity contribution in [3.8, 4) is 0 Å². The molecule has 0 N–H and O–H groups in total. The van der Waals surface area contributed by atoms with Crippen LogP contribution in [0.2, 0.25) is 0 Å². The van der Waals surface area contributed by atoms with Gasteiger partial charge in [-0.1, -0.05) is 42.5 Å². The lowest BCUT2D eigenvalue weighted by Gasteiger charge is -2.17. The van der Waals surface area contributed by atoms with E-state index in [0.717, 1.165) is 32.1 Å². The largest absolute Gasteiger partial charge is 0.300 e. The van der Waals surface area contributed by atoms with Crippen LogP contribution in [0.1, 0.15) is 50.5 Å². The highest BCUT2D eigenvalue weighted by Crippen LogP contribution is 2.23. The number of allylic oxidation sites excluding steroid dienone is 2. The Hall–Kier alpha value is -1.44. The first-order valence-electron chi connectivity index (χ1n) is 8.12. The summed E-state index contributed by atoms with van der Waals surface area (Å²) in [6.45, 7) is 0. The predicted octanol–water partition coefficient (Wildman–Crippen LogP) is 5.05. The first-order valence-corrected chi connectivity index (χ1v) is 8.12. The summed E-state index contributed by atoms with van der Waals surface area (Å²) in [6, 6.07) is 10.3. The molecule has 2 heteroatoms. The van der Waals surface area contributed by atoms with E-state index < -0.39 is 6.17 Å². The number of carbonyl (C=O) groups excluding carboxylic acids is 1. The maximum atomic E-state index is 13.8. The van der Waals surface area contributed by atoms with E-state index in [0.29, 0.717) is 25.0 Å². The molecule has 0 radical (unpaired) electrons. The lowest BCUT2D eigenvalue weighted by Crippen LogP contribution is -2.13. The Morgan fingerprint density at radius 1 is 1.24 bits per heavy atom. The highest BCUT2D eigenvalue weighted by molar-refractivity contribution is 5.79. The number of rotatable bonds is 7. The Labute approximate surface area is 127 Å². The third-order valence-electron chi connectivity index (χ3n) is 4.15. The molecule has 0 amide bonds. The molecule has 1 saturated carbocycles. The Balaban J connectivity index is 1.61. The second kappa shape index (κ2) is 8.76. The molecule has 0 spiro atoms. The average molecular weight is 288 g/mol. The van der Waals surface area contributed by atoms with E-state index in [4.69, 9.17) is 0 Å². The van der Waals surface area contributed by atoms with E-state index in [1.807, 2.05) is 24.3 Å². The van der Waals surface area contributed by atoms with Crippen LogP contribution >= 0.6 is 0 Å². The van der Waals surface area contributed by atoms with Crippen molar-refractivity contribution in [2.75, 3.05) is 0 Å². The molecule has 0 bridgehead atoms. The molecule has 2 rings (SSSR count). The van der Waals surface area contributed by atoms with Gasteiger partial charge in [0, 0.05) is 12.8 Å². The molecule has 1 aromatic carbocycles. The molecule has 1 nitrogen and oxygen atoms in total. The SMILES string of the molecule is O=C1CCC[C@@H](/C=C/[C@H](F)CCCCc2ccccc2)C1. The normalized spacial score (nSPS) is 20.8. The Morgan fingerprint density at radius 2 is 2.05 bits per heavy atom. The van der Waals surface area contributed by atoms with Gasteiger partial charge in [-0.15, -0.1) is 0 Å². The number of halogens is 1. The van der Waals surface area contributed by atoms with Gasteiger partial charge in [0.15, 0.2) is 0 Å². The highest BCUT2D eigenvalue weighted by Gasteiger charge is 2.17. The van der Waals surface area contributed by atoms with E-state index in [9.17, 15) is 9.18 Å². The Bertz CT molecular complexity index is 452. The summed E-state index contributed by atoms with van der Waals surface area (Å²) in [5, 5.41) is 0. The number of Topliss-reactive ketones (excluding diaryl/α,β-unsaturated/α-hetero) is 1. The van der Waals surface area contributed by atoms with E-state index >= 15 is 0 Å². The van der Waals surface area contributed by atoms with Crippen molar-refractivity contribution < 1.29 is 9.18 Å². The minimum Gasteiger partial charge on any atom is -0.300 e. The summed E-state index contributed by atoms with van der Waals surface area (Å²) in [7, 11) is 0. The quantitative estimate of drug-likeness (QED) is 0.506. The van der Waals surface area contributed by atoms with Crippen LogP contribution in [0.4, 0.5) is 4.39 Å². The van der Waals surface area contributed by atoms with Crippen molar-refractivity contribution in [3.63, 3.8) is 0 Å². The van der Waals surface area contributed by atoms with Crippen molar-refractivity contribution in [2.45, 2.75) is 57.5 Å². The molecule has 21 heavy (non-hydrogen) atoms. The number of aryl methyl sites for hydroxylation is 1. The lowest BCUT2D eigenvalue weighted by molar-refractivity contribution is -0.121. The van der Waals surface area contributed by atoms with Crippen LogP contribution in [0.25, 0.3) is 0 Å². The molecule has 0 saturated heterocycles. The van der Waals surface area contributed by atoms with Gasteiger partial charge in [0.2, 0.25) is 0 Å². The number of hydrogen-bond acceptors (Lipinski definition) is 1. The fourth-order valence-corrected chi connectivity index (χ4v) is 2.91. The molecule has 0 aromatic heterocycles. The molecule has 1 fully saturated rings. The minimum atomic E-state index is -0.863. The van der Waals surface area contributed by atoms with Gasteiger partial charge in [-0.25, -0.2) is 4.39 Å². The van der Waals surface area contributed by atoms with Crippen LogP contribution in [0.15, 0.2) is 42.5 Å². The maximum Gasteiger partial charge on any atom is 0.133 e. The molecule has 1 aromatic rings. The first-order chi connectivity index (χ1) is 10.2. The fourth-order valence-electron chi connectivity index (χ4n) is 2.91. The Morgan fingerprint density at radius 3 is 2.81 bits per heavy atom. The number of benzene rings is 1. The first kappa shape index (κ1) is 15.9. The monoisotopic (exact) mass is 288 g/mol. The van der Waals surface area contributed by atoms with Gasteiger partial charge < -0.3 is 0 Å². The van der Waals surface area contributed by atoms with Gasteiger partial charge in [0.05, 0.1) is 0 Å². The maximum absolute atomic E-state index is 13.8. The van der Waals surface area contributed by atoms with Crippen LogP contribution in [0, 0.1) is 5.92 Å². The van der Waals surface area contributed by atoms with Gasteiger partial charge in [-0.3, -0.25) is 4.79 Å². The summed E-state index contributed by atoms with van der Waals surface area (Å²) in [5.74, 6) is 0.600. The molecular formula is C19H25FO. The second-order valence-corrected chi connectivity index (χ2v) is 6.03. The van der Waals surface area contributed by atoms with E-state index in [-0.39, 0.29) is 5.92 Å². The lowest BCUT2D eigenvalue weighted by atomic mass is 9.88.